The highest BCUT2D eigenvalue weighted by Gasteiger charge is 2.52. The average molecular weight is 471 g/mol. The van der Waals surface area contributed by atoms with Gasteiger partial charge in [0.15, 0.2) is 9.84 Å². The summed E-state index contributed by atoms with van der Waals surface area (Å²) < 4.78 is 25.8. The topological polar surface area (TPSA) is 98.0 Å². The molecular formula is C23H26N4O3S2. The summed E-state index contributed by atoms with van der Waals surface area (Å²) in [7, 11) is -3.26. The second-order valence-corrected chi connectivity index (χ2v) is 12.7. The lowest BCUT2D eigenvalue weighted by molar-refractivity contribution is 0.254. The van der Waals surface area contributed by atoms with Gasteiger partial charge in [0.1, 0.15) is 11.6 Å². The molecular weight excluding hydrogens is 444 g/mol. The molecule has 3 heterocycles. The highest BCUT2D eigenvalue weighted by molar-refractivity contribution is 8.00. The molecule has 168 valence electrons. The fourth-order valence-electron chi connectivity index (χ4n) is 4.40. The van der Waals surface area contributed by atoms with E-state index in [0.29, 0.717) is 11.3 Å². The van der Waals surface area contributed by atoms with Crippen molar-refractivity contribution in [2.45, 2.75) is 47.8 Å². The van der Waals surface area contributed by atoms with Crippen molar-refractivity contribution in [1.29, 1.82) is 0 Å². The Bertz CT molecular complexity index is 1270. The number of fused-ring (bicyclic) bond motifs is 1. The number of aromatic nitrogens is 4. The van der Waals surface area contributed by atoms with Gasteiger partial charge in [0, 0.05) is 41.5 Å². The maximum Gasteiger partial charge on any atom is 0.175 e. The SMILES string of the molecule is C[C@]1(CO)Cc2nnc(C3(c4ccc(-c5cccc(S(C)(=O)=O)c5)cn4)CC3)n2CCS1. The van der Waals surface area contributed by atoms with Crippen LogP contribution in [-0.2, 0) is 28.2 Å². The number of rotatable bonds is 5. The second kappa shape index (κ2) is 7.67. The van der Waals surface area contributed by atoms with Crippen molar-refractivity contribution >= 4 is 21.6 Å². The van der Waals surface area contributed by atoms with Crippen LogP contribution in [-0.4, -0.2) is 56.6 Å². The zero-order valence-corrected chi connectivity index (χ0v) is 19.8. The van der Waals surface area contributed by atoms with Crippen LogP contribution in [0.25, 0.3) is 11.1 Å². The van der Waals surface area contributed by atoms with Gasteiger partial charge in [-0.05, 0) is 43.5 Å². The highest BCUT2D eigenvalue weighted by atomic mass is 32.2. The number of hydrogen-bond acceptors (Lipinski definition) is 7. The van der Waals surface area contributed by atoms with Crippen molar-refractivity contribution in [2.24, 2.45) is 0 Å². The van der Waals surface area contributed by atoms with E-state index in [0.717, 1.165) is 53.6 Å². The van der Waals surface area contributed by atoms with E-state index in [9.17, 15) is 13.5 Å². The lowest BCUT2D eigenvalue weighted by Gasteiger charge is -2.23. The molecule has 9 heteroatoms. The van der Waals surface area contributed by atoms with Gasteiger partial charge >= 0.3 is 0 Å². The molecule has 1 aliphatic heterocycles. The van der Waals surface area contributed by atoms with Gasteiger partial charge in [-0.1, -0.05) is 18.2 Å². The lowest BCUT2D eigenvalue weighted by atomic mass is 9.98. The first-order chi connectivity index (χ1) is 15.2. The molecule has 0 spiro atoms. The van der Waals surface area contributed by atoms with Crippen LogP contribution in [0.2, 0.25) is 0 Å². The van der Waals surface area contributed by atoms with Crippen molar-refractivity contribution < 1.29 is 13.5 Å². The number of pyridine rings is 1. The minimum Gasteiger partial charge on any atom is -0.395 e. The normalized spacial score (nSPS) is 22.2. The highest BCUT2D eigenvalue weighted by Crippen LogP contribution is 2.52. The van der Waals surface area contributed by atoms with Crippen LogP contribution in [0.4, 0.5) is 0 Å². The van der Waals surface area contributed by atoms with Gasteiger partial charge in [-0.3, -0.25) is 4.98 Å². The lowest BCUT2D eigenvalue weighted by Crippen LogP contribution is -2.28. The van der Waals surface area contributed by atoms with E-state index in [1.807, 2.05) is 24.4 Å². The van der Waals surface area contributed by atoms with E-state index < -0.39 is 9.84 Å². The molecule has 2 aromatic heterocycles. The summed E-state index contributed by atoms with van der Waals surface area (Å²) in [5.74, 6) is 2.81. The van der Waals surface area contributed by atoms with Crippen LogP contribution >= 0.6 is 11.8 Å². The predicted molar refractivity (Wildman–Crippen MR) is 124 cm³/mol. The quantitative estimate of drug-likeness (QED) is 0.612. The van der Waals surface area contributed by atoms with E-state index in [1.54, 1.807) is 30.0 Å². The van der Waals surface area contributed by atoms with Gasteiger partial charge in [-0.25, -0.2) is 8.42 Å². The summed E-state index contributed by atoms with van der Waals surface area (Å²) in [4.78, 5) is 5.08. The van der Waals surface area contributed by atoms with Crippen LogP contribution in [0.15, 0.2) is 47.5 Å². The Balaban J connectivity index is 1.46. The summed E-state index contributed by atoms with van der Waals surface area (Å²) in [6, 6.07) is 11.0. The third-order valence-electron chi connectivity index (χ3n) is 6.49. The molecule has 7 nitrogen and oxygen atoms in total. The first kappa shape index (κ1) is 21.6. The fraction of sp³-hybridized carbons (Fsp3) is 0.435. The van der Waals surface area contributed by atoms with Crippen molar-refractivity contribution in [2.75, 3.05) is 18.6 Å². The molecule has 1 saturated carbocycles. The van der Waals surface area contributed by atoms with Gasteiger partial charge < -0.3 is 9.67 Å². The summed E-state index contributed by atoms with van der Waals surface area (Å²) in [6.07, 6.45) is 5.68. The van der Waals surface area contributed by atoms with Crippen LogP contribution in [0, 0.1) is 0 Å². The number of benzene rings is 1. The molecule has 1 N–H and O–H groups in total. The molecule has 1 aliphatic carbocycles. The Kier molecular flexibility index (Phi) is 5.18. The molecule has 0 unspecified atom stereocenters. The van der Waals surface area contributed by atoms with E-state index in [-0.39, 0.29) is 16.8 Å². The zero-order chi connectivity index (χ0) is 22.6. The molecule has 0 saturated heterocycles. The first-order valence-electron chi connectivity index (χ1n) is 10.7. The third-order valence-corrected chi connectivity index (χ3v) is 8.95. The Morgan fingerprint density at radius 3 is 2.62 bits per heavy atom. The second-order valence-electron chi connectivity index (χ2n) is 9.04. The van der Waals surface area contributed by atoms with Gasteiger partial charge in [0.2, 0.25) is 0 Å². The van der Waals surface area contributed by atoms with E-state index in [4.69, 9.17) is 4.98 Å². The Hall–Kier alpha value is -2.23. The van der Waals surface area contributed by atoms with Gasteiger partial charge in [-0.15, -0.1) is 10.2 Å². The Labute approximate surface area is 192 Å². The Morgan fingerprint density at radius 2 is 1.97 bits per heavy atom. The maximum atomic E-state index is 11.9. The molecule has 0 radical (unpaired) electrons. The van der Waals surface area contributed by atoms with Crippen LogP contribution in [0.5, 0.6) is 0 Å². The maximum absolute atomic E-state index is 11.9. The van der Waals surface area contributed by atoms with Crippen LogP contribution < -0.4 is 0 Å². The zero-order valence-electron chi connectivity index (χ0n) is 18.2. The number of nitrogens with zero attached hydrogens (tertiary/aromatic N) is 4. The molecule has 0 bridgehead atoms. The van der Waals surface area contributed by atoms with Crippen molar-refractivity contribution in [3.05, 3.63) is 59.9 Å². The summed E-state index contributed by atoms with van der Waals surface area (Å²) in [6.45, 7) is 3.03. The standard InChI is InChI=1S/C23H26N4O3S2/c1-22(15-28)13-20-25-26-21(27(20)10-11-31-22)23(8-9-23)19-7-6-17(14-24-19)16-4-3-5-18(12-16)32(2,29)30/h3-7,12,14,28H,8-11,13,15H2,1-2H3/t22-/m1/s1. The molecule has 1 aromatic carbocycles. The van der Waals surface area contributed by atoms with Crippen LogP contribution in [0.3, 0.4) is 0 Å². The van der Waals surface area contributed by atoms with E-state index in [2.05, 4.69) is 21.7 Å². The minimum absolute atomic E-state index is 0.120. The fourth-order valence-corrected chi connectivity index (χ4v) is 6.15. The number of thioether (sulfide) groups is 1. The predicted octanol–water partition coefficient (Wildman–Crippen LogP) is 2.86. The van der Waals surface area contributed by atoms with Gasteiger partial charge in [0.25, 0.3) is 0 Å². The number of hydrogen-bond donors (Lipinski definition) is 1. The van der Waals surface area contributed by atoms with Gasteiger partial charge in [0.05, 0.1) is 22.6 Å². The smallest absolute Gasteiger partial charge is 0.175 e. The van der Waals surface area contributed by atoms with Crippen molar-refractivity contribution in [3.8, 4) is 11.1 Å². The number of aliphatic hydroxyl groups excluding tert-OH is 1. The summed E-state index contributed by atoms with van der Waals surface area (Å²) in [5, 5.41) is 18.9. The summed E-state index contributed by atoms with van der Waals surface area (Å²) >= 11 is 1.79. The molecule has 1 fully saturated rings. The molecule has 0 amide bonds. The van der Waals surface area contributed by atoms with E-state index >= 15 is 0 Å². The average Bonchev–Trinajstić information content (AvgIpc) is 3.53. The molecule has 1 atom stereocenters. The van der Waals surface area contributed by atoms with Crippen molar-refractivity contribution in [3.63, 3.8) is 0 Å². The molecule has 3 aromatic rings. The largest absolute Gasteiger partial charge is 0.395 e. The Morgan fingerprint density at radius 1 is 1.16 bits per heavy atom. The number of aliphatic hydroxyl groups is 1. The minimum atomic E-state index is -3.26. The molecule has 32 heavy (non-hydrogen) atoms. The molecule has 2 aliphatic rings. The summed E-state index contributed by atoms with van der Waals surface area (Å²) in [5.41, 5.74) is 2.46. The first-order valence-corrected chi connectivity index (χ1v) is 13.6. The van der Waals surface area contributed by atoms with Crippen LogP contribution in [0.1, 0.15) is 37.1 Å². The third kappa shape index (κ3) is 3.76. The van der Waals surface area contributed by atoms with Crippen molar-refractivity contribution in [1.82, 2.24) is 19.7 Å². The monoisotopic (exact) mass is 470 g/mol. The molecule has 5 rings (SSSR count). The van der Waals surface area contributed by atoms with Gasteiger partial charge in [-0.2, -0.15) is 11.8 Å². The van der Waals surface area contributed by atoms with E-state index in [1.165, 1.54) is 6.26 Å². The number of sulfone groups is 1.